The first-order valence-electron chi connectivity index (χ1n) is 9.56. The number of anilines is 1. The lowest BCUT2D eigenvalue weighted by Gasteiger charge is -2.22. The lowest BCUT2D eigenvalue weighted by atomic mass is 9.96. The van der Waals surface area contributed by atoms with Gasteiger partial charge in [-0.3, -0.25) is 5.32 Å². The van der Waals surface area contributed by atoms with Crippen LogP contribution in [-0.4, -0.2) is 36.4 Å². The van der Waals surface area contributed by atoms with E-state index in [1.54, 1.807) is 13.4 Å². The maximum absolute atomic E-state index is 5.03. The molecule has 0 radical (unpaired) electrons. The van der Waals surface area contributed by atoms with E-state index in [0.717, 1.165) is 29.7 Å². The number of aromatic nitrogens is 2. The van der Waals surface area contributed by atoms with Gasteiger partial charge in [0.1, 0.15) is 12.1 Å². The third-order valence-electron chi connectivity index (χ3n) is 4.98. The van der Waals surface area contributed by atoms with Gasteiger partial charge in [0.2, 0.25) is 0 Å². The van der Waals surface area contributed by atoms with Crippen LogP contribution in [0.4, 0.5) is 5.82 Å². The first-order valence-corrected chi connectivity index (χ1v) is 9.56. The summed E-state index contributed by atoms with van der Waals surface area (Å²) in [5.41, 5.74) is 2.31. The first kappa shape index (κ1) is 18.1. The first-order chi connectivity index (χ1) is 12.4. The smallest absolute Gasteiger partial charge is 0.137 e. The van der Waals surface area contributed by atoms with Gasteiger partial charge < -0.3 is 10.1 Å². The Morgan fingerprint density at radius 1 is 1.08 bits per heavy atom. The van der Waals surface area contributed by atoms with Crippen LogP contribution in [0.5, 0.6) is 0 Å². The number of ether oxygens (including phenoxy) is 1. The number of nitrogens with one attached hydrogen (secondary N) is 2. The molecule has 0 bridgehead atoms. The van der Waals surface area contributed by atoms with Crippen molar-refractivity contribution in [2.24, 2.45) is 0 Å². The summed E-state index contributed by atoms with van der Waals surface area (Å²) in [5.74, 6) is 0.988. The minimum atomic E-state index is 0.533. The second-order valence-corrected chi connectivity index (χ2v) is 6.94. The zero-order valence-electron chi connectivity index (χ0n) is 15.3. The number of hydrogen-bond acceptors (Lipinski definition) is 5. The van der Waals surface area contributed by atoms with E-state index < -0.39 is 0 Å². The van der Waals surface area contributed by atoms with Crippen molar-refractivity contribution in [3.05, 3.63) is 30.1 Å². The average Bonchev–Trinajstić information content (AvgIpc) is 2.61. The Bertz CT molecular complexity index is 653. The highest BCUT2D eigenvalue weighted by molar-refractivity contribution is 5.89. The predicted molar refractivity (Wildman–Crippen MR) is 103 cm³/mol. The molecule has 25 heavy (non-hydrogen) atoms. The van der Waals surface area contributed by atoms with Crippen LogP contribution >= 0.6 is 0 Å². The number of benzene rings is 1. The van der Waals surface area contributed by atoms with Crippen molar-refractivity contribution < 1.29 is 4.74 Å². The number of nitrogens with zero attached hydrogens (tertiary/aromatic N) is 2. The van der Waals surface area contributed by atoms with Crippen molar-refractivity contribution in [3.63, 3.8) is 0 Å². The average molecular weight is 342 g/mol. The molecule has 5 heteroatoms. The van der Waals surface area contributed by atoms with E-state index in [4.69, 9.17) is 4.74 Å². The Morgan fingerprint density at radius 3 is 2.68 bits per heavy atom. The Balaban J connectivity index is 1.72. The summed E-state index contributed by atoms with van der Waals surface area (Å²) in [5, 5.41) is 8.10. The van der Waals surface area contributed by atoms with Crippen LogP contribution in [0.1, 0.15) is 50.5 Å². The van der Waals surface area contributed by atoms with Crippen LogP contribution in [0.3, 0.4) is 0 Å². The van der Waals surface area contributed by atoms with Gasteiger partial charge in [0, 0.05) is 25.1 Å². The van der Waals surface area contributed by atoms with Crippen LogP contribution < -0.4 is 10.6 Å². The number of fused-ring (bicyclic) bond motifs is 1. The normalized spacial score (nSPS) is 16.5. The summed E-state index contributed by atoms with van der Waals surface area (Å²) in [6.45, 7) is 1.49. The van der Waals surface area contributed by atoms with E-state index in [2.05, 4.69) is 38.8 Å². The van der Waals surface area contributed by atoms with Gasteiger partial charge in [-0.1, -0.05) is 38.2 Å². The molecule has 136 valence electrons. The molecule has 0 amide bonds. The number of rotatable bonds is 7. The number of hydrogen-bond donors (Lipinski definition) is 2. The fourth-order valence-corrected chi connectivity index (χ4v) is 3.58. The van der Waals surface area contributed by atoms with Crippen molar-refractivity contribution in [3.8, 4) is 0 Å². The highest BCUT2D eigenvalue weighted by atomic mass is 16.5. The summed E-state index contributed by atoms with van der Waals surface area (Å²) in [4.78, 5) is 8.98. The van der Waals surface area contributed by atoms with E-state index in [9.17, 15) is 0 Å². The maximum Gasteiger partial charge on any atom is 0.137 e. The molecule has 0 saturated heterocycles. The van der Waals surface area contributed by atoms with Crippen LogP contribution in [0.25, 0.3) is 10.9 Å². The number of methoxy groups -OCH3 is 1. The Morgan fingerprint density at radius 2 is 1.88 bits per heavy atom. The minimum Gasteiger partial charge on any atom is -0.370 e. The molecule has 0 unspecified atom stereocenters. The standard InChI is InChI=1S/C20H30N4O/c1-25-15-21-12-11-16-9-10-19-18(13-16)20(23-14-22-19)24-17-7-5-3-2-4-6-8-17/h9-10,13-14,17,21H,2-8,11-12,15H2,1H3,(H,22,23,24). The fourth-order valence-electron chi connectivity index (χ4n) is 3.58. The monoisotopic (exact) mass is 342 g/mol. The van der Waals surface area contributed by atoms with Crippen LogP contribution in [0.15, 0.2) is 24.5 Å². The highest BCUT2D eigenvalue weighted by Gasteiger charge is 2.13. The minimum absolute atomic E-state index is 0.533. The van der Waals surface area contributed by atoms with Crippen molar-refractivity contribution in [2.45, 2.75) is 57.4 Å². The second kappa shape index (κ2) is 9.68. The molecule has 1 aliphatic rings. The zero-order chi connectivity index (χ0) is 17.3. The van der Waals surface area contributed by atoms with Crippen molar-refractivity contribution in [2.75, 3.05) is 25.7 Å². The molecule has 1 saturated carbocycles. The zero-order valence-corrected chi connectivity index (χ0v) is 15.3. The molecule has 1 heterocycles. The topological polar surface area (TPSA) is 59.1 Å². The Labute approximate surface area is 150 Å². The van der Waals surface area contributed by atoms with Crippen LogP contribution in [-0.2, 0) is 11.2 Å². The van der Waals surface area contributed by atoms with Gasteiger partial charge in [-0.15, -0.1) is 0 Å². The summed E-state index contributed by atoms with van der Waals surface area (Å²) < 4.78 is 5.03. The lowest BCUT2D eigenvalue weighted by molar-refractivity contribution is 0.176. The molecule has 1 aromatic heterocycles. The van der Waals surface area contributed by atoms with Gasteiger partial charge >= 0.3 is 0 Å². The SMILES string of the molecule is COCNCCc1ccc2ncnc(NC3CCCCCCC3)c2c1. The summed E-state index contributed by atoms with van der Waals surface area (Å²) in [6.07, 6.45) is 11.9. The molecule has 1 aromatic carbocycles. The van der Waals surface area contributed by atoms with Gasteiger partial charge in [0.25, 0.3) is 0 Å². The van der Waals surface area contributed by atoms with E-state index in [1.165, 1.54) is 50.5 Å². The van der Waals surface area contributed by atoms with Crippen molar-refractivity contribution in [1.29, 1.82) is 0 Å². The molecular weight excluding hydrogens is 312 g/mol. The van der Waals surface area contributed by atoms with Crippen LogP contribution in [0.2, 0.25) is 0 Å². The molecule has 1 fully saturated rings. The Kier molecular flexibility index (Phi) is 7.00. The molecule has 1 aliphatic carbocycles. The van der Waals surface area contributed by atoms with Crippen molar-refractivity contribution in [1.82, 2.24) is 15.3 Å². The largest absolute Gasteiger partial charge is 0.370 e. The quantitative estimate of drug-likeness (QED) is 0.590. The molecule has 2 N–H and O–H groups in total. The third kappa shape index (κ3) is 5.38. The van der Waals surface area contributed by atoms with Crippen molar-refractivity contribution >= 4 is 16.7 Å². The van der Waals surface area contributed by atoms with E-state index in [-0.39, 0.29) is 0 Å². The summed E-state index contributed by atoms with van der Waals surface area (Å²) in [6, 6.07) is 7.02. The third-order valence-corrected chi connectivity index (χ3v) is 4.98. The molecule has 0 atom stereocenters. The van der Waals surface area contributed by atoms with E-state index in [1.807, 2.05) is 0 Å². The highest BCUT2D eigenvalue weighted by Crippen LogP contribution is 2.25. The van der Waals surface area contributed by atoms with Gasteiger partial charge in [0.05, 0.1) is 12.2 Å². The summed E-state index contributed by atoms with van der Waals surface area (Å²) >= 11 is 0. The van der Waals surface area contributed by atoms with Crippen LogP contribution in [0, 0.1) is 0 Å². The molecule has 5 nitrogen and oxygen atoms in total. The van der Waals surface area contributed by atoms with Gasteiger partial charge in [0.15, 0.2) is 0 Å². The van der Waals surface area contributed by atoms with Gasteiger partial charge in [-0.25, -0.2) is 9.97 Å². The molecule has 2 aromatic rings. The van der Waals surface area contributed by atoms with Gasteiger partial charge in [-0.05, 0) is 37.0 Å². The summed E-state index contributed by atoms with van der Waals surface area (Å²) in [7, 11) is 1.70. The maximum atomic E-state index is 5.03. The van der Waals surface area contributed by atoms with E-state index >= 15 is 0 Å². The second-order valence-electron chi connectivity index (χ2n) is 6.94. The molecule has 0 spiro atoms. The van der Waals surface area contributed by atoms with E-state index in [0.29, 0.717) is 12.8 Å². The predicted octanol–water partition coefficient (Wildman–Crippen LogP) is 3.89. The van der Waals surface area contributed by atoms with Gasteiger partial charge in [-0.2, -0.15) is 0 Å². The molecule has 0 aliphatic heterocycles. The molecule has 3 rings (SSSR count). The fraction of sp³-hybridized carbons (Fsp3) is 0.600. The molecular formula is C20H30N4O. The lowest BCUT2D eigenvalue weighted by Crippen LogP contribution is -2.21. The Hall–Kier alpha value is -1.72.